The summed E-state index contributed by atoms with van der Waals surface area (Å²) in [5.41, 5.74) is 0.941. The van der Waals surface area contributed by atoms with Crippen LogP contribution in [-0.4, -0.2) is 27.1 Å². The highest BCUT2D eigenvalue weighted by atomic mass is 16.4. The predicted molar refractivity (Wildman–Crippen MR) is 67.4 cm³/mol. The number of carboxylic acid groups (broad SMARTS) is 2. The van der Waals surface area contributed by atoms with Crippen molar-refractivity contribution in [3.63, 3.8) is 0 Å². The van der Waals surface area contributed by atoms with Gasteiger partial charge in [-0.15, -0.1) is 0 Å². The molecule has 0 bridgehead atoms. The predicted octanol–water partition coefficient (Wildman–Crippen LogP) is 2.07. The molecule has 1 aromatic heterocycles. The van der Waals surface area contributed by atoms with Gasteiger partial charge in [-0.05, 0) is 23.6 Å². The molecule has 2 rings (SSSR count). The molecule has 0 radical (unpaired) electrons. The second-order valence-corrected chi connectivity index (χ2v) is 3.98. The molecule has 96 valence electrons. The van der Waals surface area contributed by atoms with Gasteiger partial charge in [-0.25, -0.2) is 14.6 Å². The van der Waals surface area contributed by atoms with E-state index in [1.165, 1.54) is 12.1 Å². The minimum Gasteiger partial charge on any atom is -0.477 e. The summed E-state index contributed by atoms with van der Waals surface area (Å²) in [6.45, 7) is 0. The number of carboxylic acids is 2. The average molecular weight is 257 g/mol. The van der Waals surface area contributed by atoms with Crippen molar-refractivity contribution in [1.82, 2.24) is 4.98 Å². The minimum absolute atomic E-state index is 0.219. The van der Waals surface area contributed by atoms with Crippen LogP contribution in [0.3, 0.4) is 0 Å². The maximum absolute atomic E-state index is 11.1. The van der Waals surface area contributed by atoms with Crippen LogP contribution >= 0.6 is 0 Å². The van der Waals surface area contributed by atoms with Crippen molar-refractivity contribution in [3.8, 4) is 0 Å². The maximum Gasteiger partial charge on any atom is 0.354 e. The summed E-state index contributed by atoms with van der Waals surface area (Å²) in [4.78, 5) is 25.6. The van der Waals surface area contributed by atoms with Crippen LogP contribution in [0.1, 0.15) is 32.1 Å². The first-order chi connectivity index (χ1) is 9.08. The van der Waals surface area contributed by atoms with Gasteiger partial charge >= 0.3 is 11.9 Å². The van der Waals surface area contributed by atoms with E-state index >= 15 is 0 Å². The van der Waals surface area contributed by atoms with Gasteiger partial charge in [-0.2, -0.15) is 0 Å². The maximum atomic E-state index is 11.1. The Hall–Kier alpha value is -2.69. The number of hydrogen-bond donors (Lipinski definition) is 2. The van der Waals surface area contributed by atoms with E-state index in [1.54, 1.807) is 0 Å². The molecule has 0 aliphatic carbocycles. The Labute approximate surface area is 109 Å². The van der Waals surface area contributed by atoms with Crippen molar-refractivity contribution in [2.75, 3.05) is 0 Å². The molecule has 19 heavy (non-hydrogen) atoms. The normalized spacial score (nSPS) is 10.1. The monoisotopic (exact) mass is 257 g/mol. The van der Waals surface area contributed by atoms with E-state index in [9.17, 15) is 9.59 Å². The van der Waals surface area contributed by atoms with E-state index in [-0.39, 0.29) is 11.4 Å². The standard InChI is InChI=1S/C14H11NO4/c16-13(17)11-7-6-10(12(15-11)14(18)19)8-9-4-2-1-3-5-9/h1-7H,8H2,(H,16,17)(H,18,19). The van der Waals surface area contributed by atoms with Crippen molar-refractivity contribution in [1.29, 1.82) is 0 Å². The zero-order chi connectivity index (χ0) is 13.8. The number of pyridine rings is 1. The summed E-state index contributed by atoms with van der Waals surface area (Å²) in [7, 11) is 0. The third-order valence-corrected chi connectivity index (χ3v) is 2.64. The lowest BCUT2D eigenvalue weighted by molar-refractivity contribution is 0.0684. The van der Waals surface area contributed by atoms with Crippen LogP contribution in [0.25, 0.3) is 0 Å². The minimum atomic E-state index is -1.24. The van der Waals surface area contributed by atoms with Crippen LogP contribution in [-0.2, 0) is 6.42 Å². The third-order valence-electron chi connectivity index (χ3n) is 2.64. The van der Waals surface area contributed by atoms with Crippen LogP contribution < -0.4 is 0 Å². The fraction of sp³-hybridized carbons (Fsp3) is 0.0714. The summed E-state index contributed by atoms with van der Waals surface area (Å²) in [6, 6.07) is 12.1. The smallest absolute Gasteiger partial charge is 0.354 e. The molecule has 0 fully saturated rings. The molecule has 0 saturated carbocycles. The van der Waals surface area contributed by atoms with Gasteiger partial charge in [0, 0.05) is 0 Å². The van der Waals surface area contributed by atoms with E-state index in [0.717, 1.165) is 5.56 Å². The summed E-state index contributed by atoms with van der Waals surface area (Å²) < 4.78 is 0. The molecule has 0 aliphatic rings. The number of aromatic nitrogens is 1. The topological polar surface area (TPSA) is 87.5 Å². The highest BCUT2D eigenvalue weighted by Gasteiger charge is 2.15. The molecule has 0 amide bonds. The first kappa shape index (κ1) is 12.8. The number of hydrogen-bond acceptors (Lipinski definition) is 3. The molecule has 1 aromatic carbocycles. The van der Waals surface area contributed by atoms with Gasteiger partial charge < -0.3 is 10.2 Å². The third kappa shape index (κ3) is 2.95. The second-order valence-electron chi connectivity index (χ2n) is 3.98. The van der Waals surface area contributed by atoms with Gasteiger partial charge in [-0.3, -0.25) is 0 Å². The molecule has 5 heteroatoms. The lowest BCUT2D eigenvalue weighted by Crippen LogP contribution is -2.11. The van der Waals surface area contributed by atoms with Gasteiger partial charge in [0.1, 0.15) is 5.69 Å². The van der Waals surface area contributed by atoms with E-state index in [4.69, 9.17) is 10.2 Å². The summed E-state index contributed by atoms with van der Waals surface area (Å²) >= 11 is 0. The Balaban J connectivity index is 2.40. The zero-order valence-electron chi connectivity index (χ0n) is 9.91. The average Bonchev–Trinajstić information content (AvgIpc) is 2.39. The van der Waals surface area contributed by atoms with Crippen LogP contribution in [0.5, 0.6) is 0 Å². The lowest BCUT2D eigenvalue weighted by Gasteiger charge is -2.06. The molecule has 0 spiro atoms. The number of rotatable bonds is 4. The van der Waals surface area contributed by atoms with Crippen LogP contribution in [0.15, 0.2) is 42.5 Å². The first-order valence-corrected chi connectivity index (χ1v) is 5.58. The lowest BCUT2D eigenvalue weighted by atomic mass is 10.0. The largest absolute Gasteiger partial charge is 0.477 e. The van der Waals surface area contributed by atoms with E-state index in [2.05, 4.69) is 4.98 Å². The van der Waals surface area contributed by atoms with Gasteiger partial charge in [-0.1, -0.05) is 36.4 Å². The highest BCUT2D eigenvalue weighted by molar-refractivity contribution is 5.91. The van der Waals surface area contributed by atoms with Crippen molar-refractivity contribution >= 4 is 11.9 Å². The van der Waals surface area contributed by atoms with Crippen molar-refractivity contribution in [3.05, 3.63) is 65.0 Å². The van der Waals surface area contributed by atoms with E-state index in [1.807, 2.05) is 30.3 Å². The Morgan fingerprint density at radius 3 is 2.21 bits per heavy atom. The molecule has 5 nitrogen and oxygen atoms in total. The van der Waals surface area contributed by atoms with Crippen molar-refractivity contribution in [2.24, 2.45) is 0 Å². The van der Waals surface area contributed by atoms with Gasteiger partial charge in [0.15, 0.2) is 5.69 Å². The van der Waals surface area contributed by atoms with Gasteiger partial charge in [0.2, 0.25) is 0 Å². The quantitative estimate of drug-likeness (QED) is 0.875. The molecular weight excluding hydrogens is 246 g/mol. The van der Waals surface area contributed by atoms with Gasteiger partial charge in [0.25, 0.3) is 0 Å². The van der Waals surface area contributed by atoms with Crippen LogP contribution in [0.2, 0.25) is 0 Å². The number of aromatic carboxylic acids is 2. The number of carbonyl (C=O) groups is 2. The SMILES string of the molecule is O=C(O)c1ccc(Cc2ccccc2)c(C(=O)O)n1. The molecule has 2 aromatic rings. The van der Waals surface area contributed by atoms with Crippen LogP contribution in [0.4, 0.5) is 0 Å². The van der Waals surface area contributed by atoms with Crippen molar-refractivity contribution < 1.29 is 19.8 Å². The van der Waals surface area contributed by atoms with Gasteiger partial charge in [0.05, 0.1) is 0 Å². The second kappa shape index (κ2) is 5.30. The fourth-order valence-corrected chi connectivity index (χ4v) is 1.75. The summed E-state index contributed by atoms with van der Waals surface area (Å²) in [6.07, 6.45) is 0.398. The summed E-state index contributed by atoms with van der Waals surface area (Å²) in [5.74, 6) is -2.47. The molecule has 0 atom stereocenters. The Bertz CT molecular complexity index is 623. The van der Waals surface area contributed by atoms with E-state index < -0.39 is 11.9 Å². The Kier molecular flexibility index (Phi) is 3.56. The fourth-order valence-electron chi connectivity index (χ4n) is 1.75. The zero-order valence-corrected chi connectivity index (χ0v) is 9.91. The van der Waals surface area contributed by atoms with Crippen LogP contribution in [0, 0.1) is 0 Å². The van der Waals surface area contributed by atoms with E-state index in [0.29, 0.717) is 12.0 Å². The Morgan fingerprint density at radius 1 is 0.947 bits per heavy atom. The highest BCUT2D eigenvalue weighted by Crippen LogP contribution is 2.14. The Morgan fingerprint density at radius 2 is 1.63 bits per heavy atom. The first-order valence-electron chi connectivity index (χ1n) is 5.58. The number of benzene rings is 1. The molecular formula is C14H11NO4. The summed E-state index contributed by atoms with van der Waals surface area (Å²) in [5, 5.41) is 17.9. The molecule has 0 saturated heterocycles. The molecule has 0 unspecified atom stereocenters. The number of nitrogens with zero attached hydrogens (tertiary/aromatic N) is 1. The molecule has 2 N–H and O–H groups in total. The van der Waals surface area contributed by atoms with Crippen molar-refractivity contribution in [2.45, 2.75) is 6.42 Å². The molecule has 1 heterocycles. The molecule has 0 aliphatic heterocycles.